The van der Waals surface area contributed by atoms with E-state index >= 15 is 0 Å². The zero-order valence-corrected chi connectivity index (χ0v) is 13.3. The average Bonchev–Trinajstić information content (AvgIpc) is 2.48. The summed E-state index contributed by atoms with van der Waals surface area (Å²) in [6, 6.07) is 0. The lowest BCUT2D eigenvalue weighted by molar-refractivity contribution is -0.116. The minimum atomic E-state index is -0.382. The summed E-state index contributed by atoms with van der Waals surface area (Å²) in [5, 5.41) is 3.32. The molecule has 1 aromatic heterocycles. The molecule has 0 bridgehead atoms. The van der Waals surface area contributed by atoms with E-state index in [0.29, 0.717) is 31.0 Å². The molecule has 0 unspecified atom stereocenters. The molecule has 0 saturated carbocycles. The van der Waals surface area contributed by atoms with Crippen LogP contribution in [0.4, 0.5) is 5.69 Å². The van der Waals surface area contributed by atoms with E-state index in [4.69, 9.17) is 0 Å². The van der Waals surface area contributed by atoms with E-state index < -0.39 is 0 Å². The molecule has 0 radical (unpaired) electrons. The first-order valence-electron chi connectivity index (χ1n) is 7.40. The second-order valence-corrected chi connectivity index (χ2v) is 6.15. The van der Waals surface area contributed by atoms with Gasteiger partial charge in [-0.3, -0.25) is 18.7 Å². The van der Waals surface area contributed by atoms with Gasteiger partial charge in [-0.15, -0.1) is 11.8 Å². The molecule has 21 heavy (non-hydrogen) atoms. The lowest BCUT2D eigenvalue weighted by atomic mass is 10.3. The van der Waals surface area contributed by atoms with E-state index in [9.17, 15) is 14.4 Å². The maximum absolute atomic E-state index is 12.5. The van der Waals surface area contributed by atoms with Crippen molar-refractivity contribution in [2.75, 3.05) is 11.1 Å². The van der Waals surface area contributed by atoms with E-state index in [0.717, 1.165) is 18.6 Å². The molecule has 1 amide bonds. The van der Waals surface area contributed by atoms with Crippen LogP contribution in [-0.4, -0.2) is 20.8 Å². The summed E-state index contributed by atoms with van der Waals surface area (Å²) in [5.41, 5.74) is -0.379. The predicted molar refractivity (Wildman–Crippen MR) is 84.1 cm³/mol. The predicted octanol–water partition coefficient (Wildman–Crippen LogP) is 1.65. The van der Waals surface area contributed by atoms with Gasteiger partial charge in [0.05, 0.1) is 0 Å². The summed E-state index contributed by atoms with van der Waals surface area (Å²) in [6.07, 6.45) is 2.68. The van der Waals surface area contributed by atoms with Crippen LogP contribution in [0.15, 0.2) is 14.6 Å². The number of rotatable bonds is 5. The number of carbonyl (C=O) groups excluding carboxylic acids is 1. The highest BCUT2D eigenvalue weighted by atomic mass is 32.2. The number of nitrogens with one attached hydrogen (secondary N) is 1. The topological polar surface area (TPSA) is 73.1 Å². The van der Waals surface area contributed by atoms with Gasteiger partial charge >= 0.3 is 5.69 Å². The summed E-state index contributed by atoms with van der Waals surface area (Å²) in [7, 11) is 0. The number of anilines is 1. The van der Waals surface area contributed by atoms with Gasteiger partial charge in [0, 0.05) is 25.3 Å². The summed E-state index contributed by atoms with van der Waals surface area (Å²) < 4.78 is 2.85. The number of nitrogens with zero attached hydrogens (tertiary/aromatic N) is 2. The van der Waals surface area contributed by atoms with Crippen LogP contribution in [0, 0.1) is 0 Å². The third-order valence-corrected chi connectivity index (χ3v) is 4.52. The monoisotopic (exact) mass is 311 g/mol. The highest BCUT2D eigenvalue weighted by Crippen LogP contribution is 2.28. The van der Waals surface area contributed by atoms with Crippen LogP contribution in [0.2, 0.25) is 0 Å². The van der Waals surface area contributed by atoms with Crippen LogP contribution < -0.4 is 16.6 Å². The van der Waals surface area contributed by atoms with Gasteiger partial charge in [0.2, 0.25) is 5.91 Å². The summed E-state index contributed by atoms with van der Waals surface area (Å²) in [4.78, 5) is 36.7. The number of aromatic nitrogens is 2. The van der Waals surface area contributed by atoms with Gasteiger partial charge in [-0.25, -0.2) is 4.79 Å². The molecule has 0 aliphatic carbocycles. The Balaban J connectivity index is 2.56. The Labute approximate surface area is 127 Å². The van der Waals surface area contributed by atoms with Gasteiger partial charge in [-0.2, -0.15) is 0 Å². The summed E-state index contributed by atoms with van der Waals surface area (Å²) in [6.45, 7) is 4.80. The van der Waals surface area contributed by atoms with E-state index in [1.54, 1.807) is 4.57 Å². The van der Waals surface area contributed by atoms with E-state index in [2.05, 4.69) is 5.32 Å². The van der Waals surface area contributed by atoms with Gasteiger partial charge in [-0.1, -0.05) is 13.8 Å². The van der Waals surface area contributed by atoms with Crippen molar-refractivity contribution in [3.8, 4) is 0 Å². The first-order chi connectivity index (χ1) is 10.1. The molecule has 0 fully saturated rings. The number of amides is 1. The summed E-state index contributed by atoms with van der Waals surface area (Å²) in [5.74, 6) is 0.679. The molecule has 0 atom stereocenters. The third kappa shape index (κ3) is 3.23. The third-order valence-electron chi connectivity index (χ3n) is 3.33. The van der Waals surface area contributed by atoms with Crippen LogP contribution in [-0.2, 0) is 17.9 Å². The van der Waals surface area contributed by atoms with Crippen molar-refractivity contribution in [1.29, 1.82) is 0 Å². The van der Waals surface area contributed by atoms with Crippen molar-refractivity contribution >= 4 is 23.4 Å². The van der Waals surface area contributed by atoms with Crippen LogP contribution >= 0.6 is 11.8 Å². The Morgan fingerprint density at radius 1 is 1.29 bits per heavy atom. The molecule has 1 aliphatic rings. The van der Waals surface area contributed by atoms with Crippen molar-refractivity contribution in [2.45, 2.75) is 57.6 Å². The highest BCUT2D eigenvalue weighted by Gasteiger charge is 2.22. The molecule has 1 N–H and O–H groups in total. The van der Waals surface area contributed by atoms with Crippen molar-refractivity contribution in [1.82, 2.24) is 9.13 Å². The van der Waals surface area contributed by atoms with Crippen molar-refractivity contribution in [3.63, 3.8) is 0 Å². The normalized spacial score (nSPS) is 13.8. The second-order valence-electron chi connectivity index (χ2n) is 5.07. The van der Waals surface area contributed by atoms with Gasteiger partial charge in [0.15, 0.2) is 0 Å². The minimum absolute atomic E-state index is 0.176. The van der Waals surface area contributed by atoms with Gasteiger partial charge in [-0.05, 0) is 19.3 Å². The number of hydrogen-bond donors (Lipinski definition) is 1. The number of carbonyl (C=O) groups is 1. The Kier molecular flexibility index (Phi) is 5.27. The molecule has 2 rings (SSSR count). The van der Waals surface area contributed by atoms with Gasteiger partial charge in [0.25, 0.3) is 5.56 Å². The first kappa shape index (κ1) is 15.9. The van der Waals surface area contributed by atoms with Crippen molar-refractivity contribution in [2.24, 2.45) is 0 Å². The number of thioether (sulfide) groups is 1. The fourth-order valence-corrected chi connectivity index (χ4v) is 3.45. The molecular formula is C14H21N3O3S. The van der Waals surface area contributed by atoms with Gasteiger partial charge in [0.1, 0.15) is 10.7 Å². The molecule has 2 heterocycles. The molecule has 7 heteroatoms. The zero-order valence-electron chi connectivity index (χ0n) is 12.5. The number of fused-ring (bicyclic) bond motifs is 1. The Morgan fingerprint density at radius 3 is 2.71 bits per heavy atom. The molecule has 0 saturated heterocycles. The summed E-state index contributed by atoms with van der Waals surface area (Å²) >= 11 is 1.47. The lowest BCUT2D eigenvalue weighted by Crippen LogP contribution is -2.43. The Morgan fingerprint density at radius 2 is 2.05 bits per heavy atom. The van der Waals surface area contributed by atoms with E-state index in [1.807, 2.05) is 13.8 Å². The quantitative estimate of drug-likeness (QED) is 0.839. The van der Waals surface area contributed by atoms with Crippen molar-refractivity contribution < 1.29 is 4.79 Å². The largest absolute Gasteiger partial charge is 0.331 e. The molecule has 1 aromatic rings. The molecule has 6 nitrogen and oxygen atoms in total. The fourth-order valence-electron chi connectivity index (χ4n) is 2.38. The van der Waals surface area contributed by atoms with E-state index in [-0.39, 0.29) is 22.8 Å². The molecular weight excluding hydrogens is 290 g/mol. The standard InChI is InChI=1S/C14H21N3O3S/c1-3-6-10(18)15-11-12(19)16(7-4-2)14(20)17-8-5-9-21-13(11)17/h3-9H2,1-2H3,(H,15,18). The molecule has 1 aliphatic heterocycles. The zero-order chi connectivity index (χ0) is 15.4. The number of hydrogen-bond acceptors (Lipinski definition) is 4. The van der Waals surface area contributed by atoms with Gasteiger partial charge < -0.3 is 5.32 Å². The smallest absolute Gasteiger partial charge is 0.319 e. The second kappa shape index (κ2) is 6.98. The van der Waals surface area contributed by atoms with E-state index in [1.165, 1.54) is 16.3 Å². The first-order valence-corrected chi connectivity index (χ1v) is 8.39. The molecule has 0 aromatic carbocycles. The van der Waals surface area contributed by atoms with Crippen LogP contribution in [0.3, 0.4) is 0 Å². The van der Waals surface area contributed by atoms with Crippen LogP contribution in [0.25, 0.3) is 0 Å². The maximum Gasteiger partial charge on any atom is 0.331 e. The van der Waals surface area contributed by atoms with Crippen LogP contribution in [0.5, 0.6) is 0 Å². The minimum Gasteiger partial charge on any atom is -0.319 e. The SMILES string of the molecule is CCCC(=O)Nc1c2n(c(=O)n(CCC)c1=O)CCCS2. The molecule has 116 valence electrons. The lowest BCUT2D eigenvalue weighted by Gasteiger charge is -2.22. The maximum atomic E-state index is 12.5. The Hall–Kier alpha value is -1.50. The van der Waals surface area contributed by atoms with Crippen molar-refractivity contribution in [3.05, 3.63) is 20.8 Å². The van der Waals surface area contributed by atoms with Crippen LogP contribution in [0.1, 0.15) is 39.5 Å². The average molecular weight is 311 g/mol. The molecule has 0 spiro atoms. The fraction of sp³-hybridized carbons (Fsp3) is 0.643. The Bertz CT molecular complexity index is 648. The highest BCUT2D eigenvalue weighted by molar-refractivity contribution is 7.99.